The average molecular weight is 359 g/mol. The van der Waals surface area contributed by atoms with E-state index in [4.69, 9.17) is 0 Å². The summed E-state index contributed by atoms with van der Waals surface area (Å²) in [6, 6.07) is 2.20. The third kappa shape index (κ3) is 4.23. The summed E-state index contributed by atoms with van der Waals surface area (Å²) < 4.78 is 0. The number of nitrogens with one attached hydrogen (secondary N) is 2. The highest BCUT2D eigenvalue weighted by Gasteiger charge is 2.53. The van der Waals surface area contributed by atoms with Gasteiger partial charge in [-0.1, -0.05) is 0 Å². The van der Waals surface area contributed by atoms with E-state index in [-0.39, 0.29) is 22.9 Å². The lowest BCUT2D eigenvalue weighted by Gasteiger charge is -2.59. The number of carbonyl (C=O) groups excluding carboxylic acids is 1. The van der Waals surface area contributed by atoms with Gasteiger partial charge in [0.1, 0.15) is 11.6 Å². The monoisotopic (exact) mass is 358 g/mol. The lowest BCUT2D eigenvalue weighted by molar-refractivity contribution is -0.122. The quantitative estimate of drug-likeness (QED) is 0.398. The number of amides is 1. The molecule has 0 radical (unpaired) electrons. The zero-order chi connectivity index (χ0) is 18.7. The molecular formula is C21H34N4O. The molecule has 0 heterocycles. The highest BCUT2D eigenvalue weighted by molar-refractivity contribution is 5.97. The summed E-state index contributed by atoms with van der Waals surface area (Å²) in [7, 11) is 4.08. The summed E-state index contributed by atoms with van der Waals surface area (Å²) in [6.07, 6.45) is 10.5. The number of hydrogen-bond donors (Lipinski definition) is 2. The average Bonchev–Trinajstić information content (AvgIpc) is 2.56. The van der Waals surface area contributed by atoms with Gasteiger partial charge in [-0.25, -0.2) is 0 Å². The Balaban J connectivity index is 1.54. The molecule has 5 nitrogen and oxygen atoms in total. The molecule has 0 aromatic rings. The topological polar surface area (TPSA) is 68.2 Å². The van der Waals surface area contributed by atoms with E-state index in [1.807, 2.05) is 14.1 Å². The molecule has 0 aliphatic heterocycles. The minimum Gasteiger partial charge on any atom is -0.390 e. The maximum atomic E-state index is 12.6. The fourth-order valence-electron chi connectivity index (χ4n) is 5.96. The van der Waals surface area contributed by atoms with E-state index in [0.29, 0.717) is 0 Å². The van der Waals surface area contributed by atoms with Crippen molar-refractivity contribution in [1.82, 2.24) is 15.5 Å². The molecule has 2 N–H and O–H groups in total. The third-order valence-corrected chi connectivity index (χ3v) is 6.89. The smallest absolute Gasteiger partial charge is 0.263 e. The fourth-order valence-corrected chi connectivity index (χ4v) is 5.96. The Bertz CT molecular complexity index is 554. The van der Waals surface area contributed by atoms with E-state index < -0.39 is 0 Å². The summed E-state index contributed by atoms with van der Waals surface area (Å²) in [5.74, 6) is 2.37. The second-order valence-corrected chi connectivity index (χ2v) is 9.26. The van der Waals surface area contributed by atoms with Crippen molar-refractivity contribution in [2.45, 2.75) is 57.9 Å². The van der Waals surface area contributed by atoms with Gasteiger partial charge < -0.3 is 15.5 Å². The third-order valence-electron chi connectivity index (χ3n) is 6.89. The molecule has 4 aliphatic carbocycles. The zero-order valence-electron chi connectivity index (χ0n) is 16.6. The first-order valence-corrected chi connectivity index (χ1v) is 10.2. The Labute approximate surface area is 158 Å². The van der Waals surface area contributed by atoms with Gasteiger partial charge in [0, 0.05) is 18.8 Å². The molecule has 0 aromatic carbocycles. The van der Waals surface area contributed by atoms with Gasteiger partial charge in [0.2, 0.25) is 0 Å². The predicted molar refractivity (Wildman–Crippen MR) is 103 cm³/mol. The second-order valence-electron chi connectivity index (χ2n) is 9.26. The maximum absolute atomic E-state index is 12.6. The first-order valence-electron chi connectivity index (χ1n) is 10.2. The molecule has 0 aromatic heterocycles. The maximum Gasteiger partial charge on any atom is 0.263 e. The van der Waals surface area contributed by atoms with E-state index in [1.165, 1.54) is 38.5 Å². The summed E-state index contributed by atoms with van der Waals surface area (Å²) >= 11 is 0. The van der Waals surface area contributed by atoms with E-state index in [1.54, 1.807) is 6.20 Å². The standard InChI is InChI=1S/C21H34N4O/c1-15(21-10-16-7-17(11-21)9-18(8-16)12-21)24-20(26)19(13-22)14-23-5-4-6-25(2)3/h14-18,23H,4-12H2,1-3H3,(H,24,26)/b19-14-. The van der Waals surface area contributed by atoms with Crippen LogP contribution < -0.4 is 10.6 Å². The predicted octanol–water partition coefficient (Wildman–Crippen LogP) is 2.66. The fraction of sp³-hybridized carbons (Fsp3) is 0.810. The molecule has 1 atom stereocenters. The van der Waals surface area contributed by atoms with Crippen LogP contribution in [0, 0.1) is 34.5 Å². The Morgan fingerprint density at radius 2 is 1.81 bits per heavy atom. The molecule has 4 aliphatic rings. The highest BCUT2D eigenvalue weighted by Crippen LogP contribution is 2.61. The van der Waals surface area contributed by atoms with Gasteiger partial charge in [-0.05, 0) is 95.7 Å². The van der Waals surface area contributed by atoms with E-state index in [0.717, 1.165) is 37.3 Å². The van der Waals surface area contributed by atoms with Crippen LogP contribution in [0.4, 0.5) is 0 Å². The van der Waals surface area contributed by atoms with E-state index >= 15 is 0 Å². The van der Waals surface area contributed by atoms with Crippen molar-refractivity contribution in [2.24, 2.45) is 23.2 Å². The van der Waals surface area contributed by atoms with E-state index in [2.05, 4.69) is 28.5 Å². The van der Waals surface area contributed by atoms with Crippen molar-refractivity contribution in [3.05, 3.63) is 11.8 Å². The van der Waals surface area contributed by atoms with E-state index in [9.17, 15) is 10.1 Å². The van der Waals surface area contributed by atoms with Crippen LogP contribution in [0.5, 0.6) is 0 Å². The Morgan fingerprint density at radius 1 is 1.23 bits per heavy atom. The van der Waals surface area contributed by atoms with Crippen molar-refractivity contribution in [1.29, 1.82) is 5.26 Å². The lowest BCUT2D eigenvalue weighted by Crippen LogP contribution is -2.56. The lowest BCUT2D eigenvalue weighted by atomic mass is 9.48. The minimum absolute atomic E-state index is 0.147. The van der Waals surface area contributed by atoms with Crippen molar-refractivity contribution in [3.8, 4) is 6.07 Å². The molecule has 4 saturated carbocycles. The van der Waals surface area contributed by atoms with Crippen molar-refractivity contribution in [2.75, 3.05) is 27.2 Å². The summed E-state index contributed by atoms with van der Waals surface area (Å²) in [4.78, 5) is 14.7. The Hall–Kier alpha value is -1.54. The Morgan fingerprint density at radius 3 is 2.31 bits per heavy atom. The van der Waals surface area contributed by atoms with Crippen molar-refractivity contribution in [3.63, 3.8) is 0 Å². The number of nitriles is 1. The number of hydrogen-bond acceptors (Lipinski definition) is 4. The van der Waals surface area contributed by atoms with Crippen LogP contribution in [-0.4, -0.2) is 44.0 Å². The molecule has 0 spiro atoms. The normalized spacial score (nSPS) is 33.8. The number of rotatable bonds is 8. The van der Waals surface area contributed by atoms with Crippen LogP contribution in [0.25, 0.3) is 0 Å². The minimum atomic E-state index is -0.226. The first-order chi connectivity index (χ1) is 12.4. The van der Waals surface area contributed by atoms with Gasteiger partial charge in [-0.3, -0.25) is 4.79 Å². The molecule has 4 bridgehead atoms. The summed E-state index contributed by atoms with van der Waals surface area (Å²) in [5.41, 5.74) is 0.454. The van der Waals surface area contributed by atoms with Gasteiger partial charge in [0.05, 0.1) is 0 Å². The van der Waals surface area contributed by atoms with Gasteiger partial charge in [-0.15, -0.1) is 0 Å². The van der Waals surface area contributed by atoms with Crippen LogP contribution in [0.2, 0.25) is 0 Å². The highest BCUT2D eigenvalue weighted by atomic mass is 16.1. The zero-order valence-corrected chi connectivity index (χ0v) is 16.6. The largest absolute Gasteiger partial charge is 0.390 e. The molecule has 0 saturated heterocycles. The summed E-state index contributed by atoms with van der Waals surface area (Å²) in [6.45, 7) is 3.91. The van der Waals surface area contributed by atoms with Gasteiger partial charge in [-0.2, -0.15) is 5.26 Å². The van der Waals surface area contributed by atoms with Crippen LogP contribution in [-0.2, 0) is 4.79 Å². The van der Waals surface area contributed by atoms with Gasteiger partial charge >= 0.3 is 0 Å². The summed E-state index contributed by atoms with van der Waals surface area (Å²) in [5, 5.41) is 15.6. The SMILES string of the molecule is CC(NC(=O)/C(C#N)=C\NCCCN(C)C)C12CC3CC(CC(C3)C1)C2. The van der Waals surface area contributed by atoms with Crippen LogP contribution in [0.3, 0.4) is 0 Å². The Kier molecular flexibility index (Phi) is 5.92. The molecular weight excluding hydrogens is 324 g/mol. The number of nitrogens with zero attached hydrogens (tertiary/aromatic N) is 2. The van der Waals surface area contributed by atoms with Crippen LogP contribution in [0.15, 0.2) is 11.8 Å². The van der Waals surface area contributed by atoms with Crippen LogP contribution in [0.1, 0.15) is 51.9 Å². The van der Waals surface area contributed by atoms with Crippen molar-refractivity contribution < 1.29 is 4.79 Å². The molecule has 5 heteroatoms. The second kappa shape index (κ2) is 8.00. The van der Waals surface area contributed by atoms with Gasteiger partial charge in [0.25, 0.3) is 5.91 Å². The molecule has 1 amide bonds. The first kappa shape index (κ1) is 19.2. The number of carbonyl (C=O) groups is 1. The molecule has 4 fully saturated rings. The molecule has 144 valence electrons. The van der Waals surface area contributed by atoms with Crippen molar-refractivity contribution >= 4 is 5.91 Å². The van der Waals surface area contributed by atoms with Crippen LogP contribution >= 0.6 is 0 Å². The molecule has 4 rings (SSSR count). The molecule has 1 unspecified atom stereocenters. The van der Waals surface area contributed by atoms with Gasteiger partial charge in [0.15, 0.2) is 0 Å². The molecule has 26 heavy (non-hydrogen) atoms.